The molecule has 0 radical (unpaired) electrons. The van der Waals surface area contributed by atoms with E-state index in [1.165, 1.54) is 24.2 Å². The van der Waals surface area contributed by atoms with Gasteiger partial charge in [0.25, 0.3) is 0 Å². The van der Waals surface area contributed by atoms with Crippen molar-refractivity contribution in [1.29, 1.82) is 0 Å². The Morgan fingerprint density at radius 1 is 1.25 bits per heavy atom. The summed E-state index contributed by atoms with van der Waals surface area (Å²) in [5, 5.41) is 5.41. The Balaban J connectivity index is 2.01. The van der Waals surface area contributed by atoms with Gasteiger partial charge in [0.15, 0.2) is 0 Å². The topological polar surface area (TPSA) is 17.8 Å². The van der Waals surface area contributed by atoms with E-state index in [1.807, 2.05) is 28.9 Å². The van der Waals surface area contributed by atoms with Crippen LogP contribution in [-0.4, -0.2) is 9.78 Å². The van der Waals surface area contributed by atoms with Crippen molar-refractivity contribution in [3.05, 3.63) is 46.7 Å². The third-order valence-electron chi connectivity index (χ3n) is 2.97. The van der Waals surface area contributed by atoms with Crippen LogP contribution in [0.2, 0.25) is 5.02 Å². The summed E-state index contributed by atoms with van der Waals surface area (Å²) < 4.78 is 1.99. The lowest BCUT2D eigenvalue weighted by Crippen LogP contribution is -1.98. The molecule has 3 heteroatoms. The summed E-state index contributed by atoms with van der Waals surface area (Å²) in [6.45, 7) is 2.09. The molecular formula is C13H13ClN2. The van der Waals surface area contributed by atoms with Crippen molar-refractivity contribution < 1.29 is 0 Å². The normalized spacial score (nSPS) is 15.4. The van der Waals surface area contributed by atoms with Crippen LogP contribution in [-0.2, 0) is 0 Å². The molecule has 1 aliphatic rings. The summed E-state index contributed by atoms with van der Waals surface area (Å²) in [6, 6.07) is 9.98. The second-order valence-corrected chi connectivity index (χ2v) is 4.81. The maximum absolute atomic E-state index is 5.87. The van der Waals surface area contributed by atoms with Gasteiger partial charge in [-0.3, -0.25) is 0 Å². The SMILES string of the molecule is Cc1cc(C2CC2)nn1-c1ccc(Cl)cc1. The Morgan fingerprint density at radius 2 is 1.94 bits per heavy atom. The molecule has 1 fully saturated rings. The Bertz CT molecular complexity index is 509. The van der Waals surface area contributed by atoms with Gasteiger partial charge in [0.2, 0.25) is 0 Å². The maximum atomic E-state index is 5.87. The standard InChI is InChI=1S/C13H13ClN2/c1-9-8-13(10-2-3-10)15-16(9)12-6-4-11(14)5-7-12/h4-8,10H,2-3H2,1H3. The molecule has 0 N–H and O–H groups in total. The molecule has 0 unspecified atom stereocenters. The first kappa shape index (κ1) is 9.91. The summed E-state index contributed by atoms with van der Waals surface area (Å²) >= 11 is 5.87. The van der Waals surface area contributed by atoms with Crippen molar-refractivity contribution >= 4 is 11.6 Å². The average molecular weight is 233 g/mol. The van der Waals surface area contributed by atoms with E-state index in [0.29, 0.717) is 5.92 Å². The van der Waals surface area contributed by atoms with Gasteiger partial charge < -0.3 is 0 Å². The van der Waals surface area contributed by atoms with Gasteiger partial charge in [0.05, 0.1) is 11.4 Å². The molecule has 0 bridgehead atoms. The summed E-state index contributed by atoms with van der Waals surface area (Å²) in [6.07, 6.45) is 2.58. The molecule has 0 aliphatic heterocycles. The highest BCUT2D eigenvalue weighted by Crippen LogP contribution is 2.39. The number of aryl methyl sites for hydroxylation is 1. The van der Waals surface area contributed by atoms with E-state index in [1.54, 1.807) is 0 Å². The molecule has 0 spiro atoms. The predicted molar refractivity (Wildman–Crippen MR) is 65.3 cm³/mol. The van der Waals surface area contributed by atoms with E-state index in [0.717, 1.165) is 10.7 Å². The third-order valence-corrected chi connectivity index (χ3v) is 3.23. The number of hydrogen-bond donors (Lipinski definition) is 0. The van der Waals surface area contributed by atoms with Gasteiger partial charge in [-0.2, -0.15) is 5.10 Å². The third kappa shape index (κ3) is 1.74. The molecule has 0 saturated heterocycles. The van der Waals surface area contributed by atoms with Crippen molar-refractivity contribution in [2.75, 3.05) is 0 Å². The van der Waals surface area contributed by atoms with Gasteiger partial charge in [-0.25, -0.2) is 4.68 Å². The molecule has 2 aromatic rings. The zero-order chi connectivity index (χ0) is 11.1. The van der Waals surface area contributed by atoms with Gasteiger partial charge in [-0.1, -0.05) is 11.6 Å². The van der Waals surface area contributed by atoms with Crippen LogP contribution in [0, 0.1) is 6.92 Å². The number of aromatic nitrogens is 2. The largest absolute Gasteiger partial charge is 0.238 e. The van der Waals surface area contributed by atoms with Crippen LogP contribution in [0.25, 0.3) is 5.69 Å². The molecule has 1 aromatic heterocycles. The van der Waals surface area contributed by atoms with Crippen molar-refractivity contribution in [3.8, 4) is 5.69 Å². The van der Waals surface area contributed by atoms with E-state index >= 15 is 0 Å². The molecule has 2 nitrogen and oxygen atoms in total. The van der Waals surface area contributed by atoms with Crippen LogP contribution in [0.1, 0.15) is 30.1 Å². The molecular weight excluding hydrogens is 220 g/mol. The van der Waals surface area contributed by atoms with Crippen LogP contribution < -0.4 is 0 Å². The minimum absolute atomic E-state index is 0.701. The molecule has 0 amide bonds. The quantitative estimate of drug-likeness (QED) is 0.772. The van der Waals surface area contributed by atoms with E-state index in [2.05, 4.69) is 18.1 Å². The molecule has 16 heavy (non-hydrogen) atoms. The number of halogens is 1. The Morgan fingerprint density at radius 3 is 2.56 bits per heavy atom. The first-order chi connectivity index (χ1) is 7.74. The zero-order valence-corrected chi connectivity index (χ0v) is 9.91. The van der Waals surface area contributed by atoms with Gasteiger partial charge >= 0.3 is 0 Å². The van der Waals surface area contributed by atoms with Gasteiger partial charge in [0, 0.05) is 16.6 Å². The summed E-state index contributed by atoms with van der Waals surface area (Å²) in [4.78, 5) is 0. The van der Waals surface area contributed by atoms with E-state index in [4.69, 9.17) is 11.6 Å². The van der Waals surface area contributed by atoms with Crippen molar-refractivity contribution in [3.63, 3.8) is 0 Å². The van der Waals surface area contributed by atoms with Crippen LogP contribution in [0.5, 0.6) is 0 Å². The van der Waals surface area contributed by atoms with E-state index in [-0.39, 0.29) is 0 Å². The van der Waals surface area contributed by atoms with Crippen LogP contribution >= 0.6 is 11.6 Å². The predicted octanol–water partition coefficient (Wildman–Crippen LogP) is 3.71. The minimum atomic E-state index is 0.701. The first-order valence-corrected chi connectivity index (χ1v) is 5.94. The monoisotopic (exact) mass is 232 g/mol. The Hall–Kier alpha value is -1.28. The second kappa shape index (κ2) is 3.63. The fourth-order valence-corrected chi connectivity index (χ4v) is 2.05. The van der Waals surface area contributed by atoms with Gasteiger partial charge in [0.1, 0.15) is 0 Å². The lowest BCUT2D eigenvalue weighted by Gasteiger charge is -2.03. The highest BCUT2D eigenvalue weighted by atomic mass is 35.5. The second-order valence-electron chi connectivity index (χ2n) is 4.37. The van der Waals surface area contributed by atoms with Gasteiger partial charge in [-0.15, -0.1) is 0 Å². The number of benzene rings is 1. The number of rotatable bonds is 2. The Labute approximate surface area is 99.9 Å². The lowest BCUT2D eigenvalue weighted by molar-refractivity contribution is 0.815. The first-order valence-electron chi connectivity index (χ1n) is 5.56. The molecule has 0 atom stereocenters. The molecule has 1 aromatic carbocycles. The van der Waals surface area contributed by atoms with Crippen LogP contribution in [0.4, 0.5) is 0 Å². The summed E-state index contributed by atoms with van der Waals surface area (Å²) in [5.74, 6) is 0.701. The van der Waals surface area contributed by atoms with Crippen LogP contribution in [0.3, 0.4) is 0 Å². The number of hydrogen-bond acceptors (Lipinski definition) is 1. The zero-order valence-electron chi connectivity index (χ0n) is 9.15. The van der Waals surface area contributed by atoms with E-state index < -0.39 is 0 Å². The summed E-state index contributed by atoms with van der Waals surface area (Å²) in [5.41, 5.74) is 3.49. The highest BCUT2D eigenvalue weighted by molar-refractivity contribution is 6.30. The van der Waals surface area contributed by atoms with Crippen molar-refractivity contribution in [1.82, 2.24) is 9.78 Å². The fourth-order valence-electron chi connectivity index (χ4n) is 1.92. The maximum Gasteiger partial charge on any atom is 0.0662 e. The molecule has 1 saturated carbocycles. The van der Waals surface area contributed by atoms with Crippen LogP contribution in [0.15, 0.2) is 30.3 Å². The van der Waals surface area contributed by atoms with Gasteiger partial charge in [-0.05, 0) is 50.1 Å². The van der Waals surface area contributed by atoms with E-state index in [9.17, 15) is 0 Å². The summed E-state index contributed by atoms with van der Waals surface area (Å²) in [7, 11) is 0. The molecule has 1 heterocycles. The minimum Gasteiger partial charge on any atom is -0.238 e. The lowest BCUT2D eigenvalue weighted by atomic mass is 10.3. The molecule has 1 aliphatic carbocycles. The molecule has 82 valence electrons. The average Bonchev–Trinajstić information content (AvgIpc) is 3.04. The fraction of sp³-hybridized carbons (Fsp3) is 0.308. The number of nitrogens with zero attached hydrogens (tertiary/aromatic N) is 2. The van der Waals surface area contributed by atoms with Crippen molar-refractivity contribution in [2.24, 2.45) is 0 Å². The van der Waals surface area contributed by atoms with Crippen molar-refractivity contribution in [2.45, 2.75) is 25.7 Å². The smallest absolute Gasteiger partial charge is 0.0662 e. The highest BCUT2D eigenvalue weighted by Gasteiger charge is 2.26. The Kier molecular flexibility index (Phi) is 2.25. The molecule has 3 rings (SSSR count).